The Kier molecular flexibility index (Phi) is 13.0. The Morgan fingerprint density at radius 3 is 2.36 bits per heavy atom. The normalized spacial score (nSPS) is 28.4. The van der Waals surface area contributed by atoms with Gasteiger partial charge in [0.25, 0.3) is 0 Å². The number of carbonyl (C=O) groups excluding carboxylic acids is 3. The molecule has 280 valence electrons. The molecule has 14 heteroatoms. The molecule has 4 fully saturated rings. The molecule has 3 aliphatic heterocycles. The van der Waals surface area contributed by atoms with Crippen LogP contribution in [0, 0.1) is 11.8 Å². The van der Waals surface area contributed by atoms with E-state index in [-0.39, 0.29) is 60.6 Å². The maximum Gasteiger partial charge on any atom is 0.410 e. The van der Waals surface area contributed by atoms with Gasteiger partial charge < -0.3 is 29.7 Å². The summed E-state index contributed by atoms with van der Waals surface area (Å²) in [5, 5.41) is 6.78. The molecular weight excluding hydrogens is 684 g/mol. The first kappa shape index (κ1) is 38.6. The van der Waals surface area contributed by atoms with Crippen molar-refractivity contribution in [2.75, 3.05) is 39.2 Å². The first-order chi connectivity index (χ1) is 23.8. The van der Waals surface area contributed by atoms with E-state index in [9.17, 15) is 22.8 Å². The zero-order valence-electron chi connectivity index (χ0n) is 29.9. The van der Waals surface area contributed by atoms with Crippen LogP contribution in [0.25, 0.3) is 0 Å². The highest BCUT2D eigenvalue weighted by Crippen LogP contribution is 2.37. The van der Waals surface area contributed by atoms with Crippen LogP contribution >= 0.6 is 11.6 Å². The fourth-order valence-corrected chi connectivity index (χ4v) is 10.2. The third kappa shape index (κ3) is 9.83. The van der Waals surface area contributed by atoms with Gasteiger partial charge in [0.2, 0.25) is 15.9 Å². The Hall–Kier alpha value is -2.61. The predicted molar refractivity (Wildman–Crippen MR) is 190 cm³/mol. The monoisotopic (exact) mass is 738 g/mol. The van der Waals surface area contributed by atoms with Gasteiger partial charge >= 0.3 is 12.2 Å². The smallest absolute Gasteiger partial charge is 0.410 e. The fraction of sp³-hybridized carbons (Fsp3) is 0.750. The topological polar surface area (TPSA) is 144 Å². The van der Waals surface area contributed by atoms with Gasteiger partial charge in [0.1, 0.15) is 11.6 Å². The summed E-state index contributed by atoms with van der Waals surface area (Å²) in [6, 6.07) is 5.78. The van der Waals surface area contributed by atoms with Crippen molar-refractivity contribution in [2.45, 2.75) is 121 Å². The van der Waals surface area contributed by atoms with Crippen molar-refractivity contribution in [3.05, 3.63) is 34.9 Å². The minimum Gasteiger partial charge on any atom is -0.453 e. The second kappa shape index (κ2) is 16.8. The van der Waals surface area contributed by atoms with Crippen LogP contribution in [0.5, 0.6) is 0 Å². The number of benzene rings is 1. The summed E-state index contributed by atoms with van der Waals surface area (Å²) in [4.78, 5) is 42.1. The summed E-state index contributed by atoms with van der Waals surface area (Å²) in [7, 11) is -2.18. The molecule has 1 unspecified atom stereocenters. The van der Waals surface area contributed by atoms with E-state index in [0.29, 0.717) is 43.9 Å². The average molecular weight is 739 g/mol. The van der Waals surface area contributed by atoms with E-state index in [1.165, 1.54) is 7.11 Å². The van der Waals surface area contributed by atoms with Crippen molar-refractivity contribution < 1.29 is 37.0 Å². The molecule has 0 aromatic heterocycles. The molecule has 1 aromatic rings. The maximum absolute atomic E-state index is 14.4. The van der Waals surface area contributed by atoms with Crippen molar-refractivity contribution in [2.24, 2.45) is 11.8 Å². The molecule has 3 saturated heterocycles. The third-order valence-corrected chi connectivity index (χ3v) is 13.0. The van der Waals surface area contributed by atoms with E-state index in [1.54, 1.807) is 21.3 Å². The number of hydrogen-bond donors (Lipinski definition) is 2. The van der Waals surface area contributed by atoms with Gasteiger partial charge in [0, 0.05) is 55.4 Å². The van der Waals surface area contributed by atoms with Crippen molar-refractivity contribution >= 4 is 39.7 Å². The van der Waals surface area contributed by atoms with Gasteiger partial charge in [0.15, 0.2) is 0 Å². The number of halogens is 1. The van der Waals surface area contributed by atoms with Crippen LogP contribution in [-0.4, -0.2) is 105 Å². The second-order valence-corrected chi connectivity index (χ2v) is 17.8. The number of methoxy groups -OCH3 is 1. The molecule has 7 atom stereocenters. The highest BCUT2D eigenvalue weighted by molar-refractivity contribution is 7.89. The van der Waals surface area contributed by atoms with Gasteiger partial charge in [-0.1, -0.05) is 36.6 Å². The van der Waals surface area contributed by atoms with E-state index in [0.717, 1.165) is 44.1 Å². The van der Waals surface area contributed by atoms with Crippen molar-refractivity contribution in [3.63, 3.8) is 0 Å². The summed E-state index contributed by atoms with van der Waals surface area (Å²) < 4.78 is 44.8. The first-order valence-corrected chi connectivity index (χ1v) is 20.2. The van der Waals surface area contributed by atoms with E-state index < -0.39 is 33.9 Å². The minimum absolute atomic E-state index is 0.0702. The second-order valence-electron chi connectivity index (χ2n) is 15.3. The molecule has 0 radical (unpaired) electrons. The van der Waals surface area contributed by atoms with E-state index in [4.69, 9.17) is 25.8 Å². The Bertz CT molecular complexity index is 1430. The zero-order valence-corrected chi connectivity index (χ0v) is 31.5. The lowest BCUT2D eigenvalue weighted by atomic mass is 9.76. The van der Waals surface area contributed by atoms with Crippen LogP contribution in [0.3, 0.4) is 0 Å². The number of piperazine rings is 1. The number of rotatable bonds is 9. The summed E-state index contributed by atoms with van der Waals surface area (Å²) >= 11 is 6.23. The number of amides is 3. The standard InChI is InChI=1S/C36H55ClN4O8S/c1-36(2,3)49-35(44)40-22-29(41-23-28(40)9-7-21-50(41,45)46)16-13-24-8-5-6-10-30(24)38-33(42)32(39-34(43)47-4)31(26-17-19-48-20-18-26)25-11-14-27(37)15-12-25/h11-12,14-15,24,26,28-32H,5-10,13,16-23H2,1-4H3,(H,38,42)(H,39,43)/t24-,28-,29+,30+,31+,32+/m1/s1. The molecule has 1 saturated carbocycles. The summed E-state index contributed by atoms with van der Waals surface area (Å²) in [6.45, 7) is 7.20. The molecule has 0 spiro atoms. The molecule has 2 N–H and O–H groups in total. The summed E-state index contributed by atoms with van der Waals surface area (Å²) in [5.74, 6) is -0.352. The van der Waals surface area contributed by atoms with Gasteiger partial charge in [-0.05, 0) is 102 Å². The van der Waals surface area contributed by atoms with Gasteiger partial charge in [-0.25, -0.2) is 18.0 Å². The highest BCUT2D eigenvalue weighted by atomic mass is 35.5. The Morgan fingerprint density at radius 1 is 0.980 bits per heavy atom. The first-order valence-electron chi connectivity index (χ1n) is 18.2. The molecule has 50 heavy (non-hydrogen) atoms. The summed E-state index contributed by atoms with van der Waals surface area (Å²) in [5.41, 5.74) is 0.244. The number of carbonyl (C=O) groups is 3. The van der Waals surface area contributed by atoms with Gasteiger partial charge in [-0.3, -0.25) is 4.79 Å². The SMILES string of the molecule is COC(=O)N[C@H](C(=O)N[C@H]1CCCC[C@@H]1CC[C@H]1CN(C(=O)OC(C)(C)C)[C@@H]2CCCS(=O)(=O)N1C2)[C@@H](c1ccc(Cl)cc1)C1CCOCC1. The van der Waals surface area contributed by atoms with E-state index in [1.807, 2.05) is 32.9 Å². The van der Waals surface area contributed by atoms with E-state index >= 15 is 0 Å². The largest absolute Gasteiger partial charge is 0.453 e. The van der Waals surface area contributed by atoms with Crippen LogP contribution in [0.1, 0.15) is 96.5 Å². The molecule has 1 aliphatic carbocycles. The Morgan fingerprint density at radius 2 is 1.68 bits per heavy atom. The molecule has 4 aliphatic rings. The van der Waals surface area contributed by atoms with Crippen LogP contribution in [0.2, 0.25) is 5.02 Å². The van der Waals surface area contributed by atoms with E-state index in [2.05, 4.69) is 10.6 Å². The Labute approximate surface area is 302 Å². The zero-order chi connectivity index (χ0) is 36.1. The predicted octanol–water partition coefficient (Wildman–Crippen LogP) is 5.44. The Balaban J connectivity index is 1.34. The third-order valence-electron chi connectivity index (χ3n) is 10.8. The number of alkyl carbamates (subject to hydrolysis) is 1. The van der Waals surface area contributed by atoms with Crippen LogP contribution in [0.4, 0.5) is 9.59 Å². The quantitative estimate of drug-likeness (QED) is 0.341. The number of hydrogen-bond acceptors (Lipinski definition) is 8. The molecule has 1 aromatic carbocycles. The fourth-order valence-electron chi connectivity index (χ4n) is 8.33. The lowest BCUT2D eigenvalue weighted by Gasteiger charge is -2.45. The van der Waals surface area contributed by atoms with Crippen molar-refractivity contribution in [1.29, 1.82) is 0 Å². The van der Waals surface area contributed by atoms with Crippen LogP contribution in [0.15, 0.2) is 24.3 Å². The van der Waals surface area contributed by atoms with Gasteiger partial charge in [-0.2, -0.15) is 4.31 Å². The molecule has 12 nitrogen and oxygen atoms in total. The van der Waals surface area contributed by atoms with Crippen LogP contribution in [-0.2, 0) is 29.0 Å². The average Bonchev–Trinajstić information content (AvgIpc) is 3.20. The van der Waals surface area contributed by atoms with Crippen LogP contribution < -0.4 is 10.6 Å². The molecule has 3 amide bonds. The van der Waals surface area contributed by atoms with Crippen molar-refractivity contribution in [1.82, 2.24) is 19.8 Å². The van der Waals surface area contributed by atoms with Gasteiger partial charge in [0.05, 0.1) is 12.9 Å². The number of ether oxygens (including phenoxy) is 3. The highest BCUT2D eigenvalue weighted by Gasteiger charge is 2.45. The van der Waals surface area contributed by atoms with Gasteiger partial charge in [-0.15, -0.1) is 0 Å². The molecule has 5 rings (SSSR count). The minimum atomic E-state index is -3.47. The number of fused-ring (bicyclic) bond motifs is 2. The summed E-state index contributed by atoms with van der Waals surface area (Å²) in [6.07, 6.45) is 6.39. The molecule has 3 heterocycles. The lowest BCUT2D eigenvalue weighted by molar-refractivity contribution is -0.125. The van der Waals surface area contributed by atoms with Crippen molar-refractivity contribution in [3.8, 4) is 0 Å². The maximum atomic E-state index is 14.4. The molecule has 2 bridgehead atoms. The number of sulfonamides is 1. The molecular formula is C36H55ClN4O8S. The lowest BCUT2D eigenvalue weighted by Crippen LogP contribution is -2.61. The number of nitrogens with zero attached hydrogens (tertiary/aromatic N) is 2. The number of nitrogens with one attached hydrogen (secondary N) is 2.